The third-order valence-electron chi connectivity index (χ3n) is 6.57. The highest BCUT2D eigenvalue weighted by atomic mass is 16.5. The normalized spacial score (nSPS) is 12.3. The Morgan fingerprint density at radius 3 is 2.55 bits per heavy atom. The van der Waals surface area contributed by atoms with Gasteiger partial charge < -0.3 is 14.6 Å². The molecule has 166 valence electrons. The molecule has 0 unspecified atom stereocenters. The number of aromatic nitrogens is 1. The molecule has 1 N–H and O–H groups in total. The van der Waals surface area contributed by atoms with Crippen molar-refractivity contribution in [2.75, 3.05) is 7.11 Å². The number of hydrogen-bond donors (Lipinski definition) is 1. The number of ether oxygens (including phenoxy) is 1. The lowest BCUT2D eigenvalue weighted by Crippen LogP contribution is -2.18. The Balaban J connectivity index is 1.45. The van der Waals surface area contributed by atoms with Crippen LogP contribution in [0.1, 0.15) is 31.0 Å². The maximum atomic E-state index is 5.47. The first-order valence-electron chi connectivity index (χ1n) is 11.6. The van der Waals surface area contributed by atoms with E-state index < -0.39 is 0 Å². The van der Waals surface area contributed by atoms with E-state index in [9.17, 15) is 0 Å². The Hall–Kier alpha value is -3.56. The van der Waals surface area contributed by atoms with Crippen LogP contribution in [-0.4, -0.2) is 11.7 Å². The van der Waals surface area contributed by atoms with Crippen LogP contribution >= 0.6 is 0 Å². The fourth-order valence-electron chi connectivity index (χ4n) is 4.75. The van der Waals surface area contributed by atoms with Crippen molar-refractivity contribution in [1.82, 2.24) is 9.88 Å². The zero-order chi connectivity index (χ0) is 22.8. The van der Waals surface area contributed by atoms with Gasteiger partial charge in [0.2, 0.25) is 0 Å². The molecule has 1 atom stereocenters. The van der Waals surface area contributed by atoms with Gasteiger partial charge in [0.25, 0.3) is 0 Å². The van der Waals surface area contributed by atoms with E-state index in [1.807, 2.05) is 6.07 Å². The second-order valence-corrected chi connectivity index (χ2v) is 8.58. The van der Waals surface area contributed by atoms with Crippen LogP contribution in [-0.2, 0) is 13.1 Å². The van der Waals surface area contributed by atoms with Gasteiger partial charge in [0.15, 0.2) is 0 Å². The van der Waals surface area contributed by atoms with Crippen LogP contribution in [0.15, 0.2) is 91.1 Å². The van der Waals surface area contributed by atoms with Crippen molar-refractivity contribution < 1.29 is 4.74 Å². The summed E-state index contributed by atoms with van der Waals surface area (Å²) >= 11 is 0. The van der Waals surface area contributed by atoms with Crippen molar-refractivity contribution >= 4 is 21.7 Å². The summed E-state index contributed by atoms with van der Waals surface area (Å²) in [7, 11) is 1.72. The minimum Gasteiger partial charge on any atom is -0.497 e. The molecule has 33 heavy (non-hydrogen) atoms. The van der Waals surface area contributed by atoms with Crippen LogP contribution < -0.4 is 10.1 Å². The van der Waals surface area contributed by atoms with E-state index in [0.29, 0.717) is 0 Å². The van der Waals surface area contributed by atoms with Gasteiger partial charge in [-0.2, -0.15) is 0 Å². The summed E-state index contributed by atoms with van der Waals surface area (Å²) < 4.78 is 7.79. The van der Waals surface area contributed by atoms with Crippen LogP contribution in [0.4, 0.5) is 0 Å². The van der Waals surface area contributed by atoms with Crippen molar-refractivity contribution in [3.63, 3.8) is 0 Å². The molecule has 0 bridgehead atoms. The fraction of sp³-hybridized carbons (Fsp3) is 0.200. The smallest absolute Gasteiger partial charge is 0.119 e. The minimum atomic E-state index is 0.255. The van der Waals surface area contributed by atoms with Gasteiger partial charge in [-0.1, -0.05) is 60.7 Å². The predicted octanol–water partition coefficient (Wildman–Crippen LogP) is 7.34. The topological polar surface area (TPSA) is 26.2 Å². The first-order chi connectivity index (χ1) is 16.2. The van der Waals surface area contributed by atoms with E-state index >= 15 is 0 Å². The largest absolute Gasteiger partial charge is 0.497 e. The first-order valence-corrected chi connectivity index (χ1v) is 11.6. The number of hydrogen-bond acceptors (Lipinski definition) is 2. The fourth-order valence-corrected chi connectivity index (χ4v) is 4.75. The Morgan fingerprint density at radius 1 is 0.879 bits per heavy atom. The molecule has 0 amide bonds. The Labute approximate surface area is 195 Å². The molecule has 0 aliphatic heterocycles. The van der Waals surface area contributed by atoms with Gasteiger partial charge in [-0.3, -0.25) is 0 Å². The molecule has 4 aromatic carbocycles. The summed E-state index contributed by atoms with van der Waals surface area (Å²) in [4.78, 5) is 0. The van der Waals surface area contributed by atoms with Crippen LogP contribution in [0.3, 0.4) is 0 Å². The monoisotopic (exact) mass is 434 g/mol. The van der Waals surface area contributed by atoms with Gasteiger partial charge in [-0.25, -0.2) is 0 Å². The van der Waals surface area contributed by atoms with Gasteiger partial charge >= 0.3 is 0 Å². The number of fused-ring (bicyclic) bond motifs is 2. The third kappa shape index (κ3) is 4.12. The Morgan fingerprint density at radius 2 is 1.70 bits per heavy atom. The number of methoxy groups -OCH3 is 1. The molecule has 0 saturated heterocycles. The second-order valence-electron chi connectivity index (χ2n) is 8.58. The molecule has 1 aromatic heterocycles. The molecular formula is C30H30N2O. The molecule has 3 nitrogen and oxygen atoms in total. The summed E-state index contributed by atoms with van der Waals surface area (Å²) in [6, 6.07) is 30.6. The Kier molecular flexibility index (Phi) is 5.89. The predicted molar refractivity (Wildman–Crippen MR) is 139 cm³/mol. The van der Waals surface area contributed by atoms with E-state index in [-0.39, 0.29) is 6.04 Å². The van der Waals surface area contributed by atoms with E-state index in [2.05, 4.69) is 109 Å². The summed E-state index contributed by atoms with van der Waals surface area (Å²) in [5.41, 5.74) is 6.31. The second kappa shape index (κ2) is 9.13. The maximum Gasteiger partial charge on any atom is 0.119 e. The van der Waals surface area contributed by atoms with Gasteiger partial charge in [0.1, 0.15) is 5.75 Å². The number of aryl methyl sites for hydroxylation is 1. The van der Waals surface area contributed by atoms with Crippen molar-refractivity contribution in [3.05, 3.63) is 102 Å². The SMILES string of the molecule is CCn1cc(-c2cccc(OC)c2)c2cc(CN[C@H](C)c3cccc4ccccc34)ccc21. The van der Waals surface area contributed by atoms with Crippen LogP contribution in [0.2, 0.25) is 0 Å². The first kappa shape index (κ1) is 21.3. The molecule has 0 fully saturated rings. The maximum absolute atomic E-state index is 5.47. The van der Waals surface area contributed by atoms with Crippen LogP contribution in [0.25, 0.3) is 32.8 Å². The summed E-state index contributed by atoms with van der Waals surface area (Å²) in [6.07, 6.45) is 2.26. The minimum absolute atomic E-state index is 0.255. The average molecular weight is 435 g/mol. The molecule has 0 aliphatic rings. The zero-order valence-corrected chi connectivity index (χ0v) is 19.5. The van der Waals surface area contributed by atoms with Crippen LogP contribution in [0.5, 0.6) is 5.75 Å². The molecular weight excluding hydrogens is 404 g/mol. The number of nitrogens with zero attached hydrogens (tertiary/aromatic N) is 1. The number of benzene rings is 4. The summed E-state index contributed by atoms with van der Waals surface area (Å²) in [6.45, 7) is 6.19. The third-order valence-corrected chi connectivity index (χ3v) is 6.57. The lowest BCUT2D eigenvalue weighted by Gasteiger charge is -2.17. The molecule has 3 heteroatoms. The van der Waals surface area contributed by atoms with E-state index in [1.54, 1.807) is 7.11 Å². The van der Waals surface area contributed by atoms with Crippen molar-refractivity contribution in [1.29, 1.82) is 0 Å². The van der Waals surface area contributed by atoms with Crippen molar-refractivity contribution in [2.24, 2.45) is 0 Å². The molecule has 5 aromatic rings. The highest BCUT2D eigenvalue weighted by Gasteiger charge is 2.13. The highest BCUT2D eigenvalue weighted by Crippen LogP contribution is 2.33. The average Bonchev–Trinajstić information content (AvgIpc) is 3.25. The number of rotatable bonds is 7. The molecule has 1 heterocycles. The van der Waals surface area contributed by atoms with E-state index in [4.69, 9.17) is 4.74 Å². The summed E-state index contributed by atoms with van der Waals surface area (Å²) in [5.74, 6) is 0.881. The van der Waals surface area contributed by atoms with Gasteiger partial charge in [0, 0.05) is 41.8 Å². The van der Waals surface area contributed by atoms with Gasteiger partial charge in [0.05, 0.1) is 7.11 Å². The van der Waals surface area contributed by atoms with Crippen LogP contribution in [0, 0.1) is 0 Å². The quantitative estimate of drug-likeness (QED) is 0.290. The molecule has 0 spiro atoms. The van der Waals surface area contributed by atoms with E-state index in [0.717, 1.165) is 18.8 Å². The van der Waals surface area contributed by atoms with Gasteiger partial charge in [-0.15, -0.1) is 0 Å². The highest BCUT2D eigenvalue weighted by molar-refractivity contribution is 5.96. The van der Waals surface area contributed by atoms with Gasteiger partial charge in [-0.05, 0) is 65.6 Å². The van der Waals surface area contributed by atoms with Crippen molar-refractivity contribution in [2.45, 2.75) is 33.0 Å². The lowest BCUT2D eigenvalue weighted by molar-refractivity contribution is 0.415. The molecule has 0 aliphatic carbocycles. The van der Waals surface area contributed by atoms with E-state index in [1.165, 1.54) is 43.9 Å². The molecule has 0 saturated carbocycles. The standard InChI is InChI=1S/C30H30N2O/c1-4-32-20-29(24-11-7-12-25(18-24)33-3)28-17-22(15-16-30(28)32)19-31-21(2)26-14-8-10-23-9-5-6-13-27(23)26/h5-18,20-21,31H,4,19H2,1-3H3/t21-/m1/s1. The zero-order valence-electron chi connectivity index (χ0n) is 19.5. The molecule has 5 rings (SSSR count). The molecule has 0 radical (unpaired) electrons. The van der Waals surface area contributed by atoms with Crippen molar-refractivity contribution in [3.8, 4) is 16.9 Å². The Bertz CT molecular complexity index is 1410. The lowest BCUT2D eigenvalue weighted by atomic mass is 9.99. The summed E-state index contributed by atoms with van der Waals surface area (Å²) in [5, 5.41) is 7.62. The number of nitrogens with one attached hydrogen (secondary N) is 1.